The predicted molar refractivity (Wildman–Crippen MR) is 90.1 cm³/mol. The lowest BCUT2D eigenvalue weighted by atomic mass is 10.0. The number of carbonyl (C=O) groups excluding carboxylic acids is 1. The lowest BCUT2D eigenvalue weighted by Gasteiger charge is -2.03. The molecule has 1 heteroatoms. The fraction of sp³-hybridized carbons (Fsp3) is 0.842. The van der Waals surface area contributed by atoms with E-state index >= 15 is 0 Å². The number of rotatable bonds is 17. The van der Waals surface area contributed by atoms with Crippen LogP contribution in [-0.4, -0.2) is 6.29 Å². The minimum atomic E-state index is 0.758. The Morgan fingerprint density at radius 3 is 1.10 bits per heavy atom. The fourth-order valence-corrected chi connectivity index (χ4v) is 2.64. The Hall–Kier alpha value is -0.590. The first-order valence-electron chi connectivity index (χ1n) is 8.96. The van der Waals surface area contributed by atoms with Crippen molar-refractivity contribution in [1.29, 1.82) is 0 Å². The van der Waals surface area contributed by atoms with E-state index in [1.807, 2.05) is 6.08 Å². The monoisotopic (exact) mass is 280 g/mol. The quantitative estimate of drug-likeness (QED) is 0.166. The predicted octanol–water partition coefficient (Wildman–Crippen LogP) is 6.61. The fourth-order valence-electron chi connectivity index (χ4n) is 2.64. The maximum atomic E-state index is 10.1. The van der Waals surface area contributed by atoms with Gasteiger partial charge in [-0.3, -0.25) is 0 Å². The summed E-state index contributed by atoms with van der Waals surface area (Å²) in [6.45, 7) is 3.75. The number of carbonyl (C=O) groups is 1. The Morgan fingerprint density at radius 2 is 0.800 bits per heavy atom. The van der Waals surface area contributed by atoms with E-state index in [9.17, 15) is 4.79 Å². The zero-order chi connectivity index (χ0) is 14.7. The van der Waals surface area contributed by atoms with Crippen LogP contribution in [0.4, 0.5) is 0 Å². The second-order valence-corrected chi connectivity index (χ2v) is 5.98. The van der Waals surface area contributed by atoms with Gasteiger partial charge in [0.05, 0.1) is 0 Å². The second-order valence-electron chi connectivity index (χ2n) is 5.98. The van der Waals surface area contributed by atoms with Crippen LogP contribution >= 0.6 is 0 Å². The first-order valence-corrected chi connectivity index (χ1v) is 8.96. The number of aldehydes is 1. The minimum Gasteiger partial charge on any atom is -0.303 e. The Morgan fingerprint density at radius 1 is 0.500 bits per heavy atom. The van der Waals surface area contributed by atoms with Gasteiger partial charge in [0, 0.05) is 6.42 Å². The van der Waals surface area contributed by atoms with Crippen LogP contribution in [0.15, 0.2) is 12.7 Å². The van der Waals surface area contributed by atoms with Crippen LogP contribution in [0.25, 0.3) is 0 Å². The third-order valence-corrected chi connectivity index (χ3v) is 3.98. The van der Waals surface area contributed by atoms with Crippen molar-refractivity contribution in [2.45, 2.75) is 103 Å². The van der Waals surface area contributed by atoms with Crippen molar-refractivity contribution in [2.75, 3.05) is 0 Å². The maximum absolute atomic E-state index is 10.1. The highest BCUT2D eigenvalue weighted by atomic mass is 16.1. The van der Waals surface area contributed by atoms with Crippen molar-refractivity contribution in [3.8, 4) is 0 Å². The van der Waals surface area contributed by atoms with Crippen molar-refractivity contribution in [1.82, 2.24) is 0 Å². The van der Waals surface area contributed by atoms with E-state index in [4.69, 9.17) is 0 Å². The third-order valence-electron chi connectivity index (χ3n) is 3.98. The van der Waals surface area contributed by atoms with Gasteiger partial charge in [-0.25, -0.2) is 0 Å². The smallest absolute Gasteiger partial charge is 0.119 e. The van der Waals surface area contributed by atoms with E-state index in [1.165, 1.54) is 89.9 Å². The molecule has 0 N–H and O–H groups in total. The summed E-state index contributed by atoms with van der Waals surface area (Å²) >= 11 is 0. The van der Waals surface area contributed by atoms with Gasteiger partial charge in [0.25, 0.3) is 0 Å². The molecular formula is C19H36O. The van der Waals surface area contributed by atoms with Gasteiger partial charge in [0.15, 0.2) is 0 Å². The molecule has 118 valence electrons. The van der Waals surface area contributed by atoms with Crippen molar-refractivity contribution >= 4 is 6.29 Å². The van der Waals surface area contributed by atoms with Gasteiger partial charge >= 0.3 is 0 Å². The molecule has 0 rings (SSSR count). The van der Waals surface area contributed by atoms with E-state index in [-0.39, 0.29) is 0 Å². The number of hydrogen-bond acceptors (Lipinski definition) is 1. The van der Waals surface area contributed by atoms with E-state index in [0.717, 1.165) is 19.1 Å². The molecule has 0 aromatic carbocycles. The number of allylic oxidation sites excluding steroid dienone is 1. The zero-order valence-electron chi connectivity index (χ0n) is 13.6. The molecule has 0 radical (unpaired) electrons. The van der Waals surface area contributed by atoms with Gasteiger partial charge in [-0.05, 0) is 19.3 Å². The molecule has 1 nitrogen and oxygen atoms in total. The van der Waals surface area contributed by atoms with Crippen molar-refractivity contribution < 1.29 is 4.79 Å². The molecule has 0 unspecified atom stereocenters. The zero-order valence-corrected chi connectivity index (χ0v) is 13.6. The average molecular weight is 280 g/mol. The van der Waals surface area contributed by atoms with E-state index in [2.05, 4.69) is 6.58 Å². The summed E-state index contributed by atoms with van der Waals surface area (Å²) in [6, 6.07) is 0. The minimum absolute atomic E-state index is 0.758. The van der Waals surface area contributed by atoms with Crippen molar-refractivity contribution in [2.24, 2.45) is 0 Å². The summed E-state index contributed by atoms with van der Waals surface area (Å²) in [7, 11) is 0. The van der Waals surface area contributed by atoms with E-state index in [1.54, 1.807) is 0 Å². The largest absolute Gasteiger partial charge is 0.303 e. The summed E-state index contributed by atoms with van der Waals surface area (Å²) in [5.41, 5.74) is 0. The van der Waals surface area contributed by atoms with Gasteiger partial charge in [0.1, 0.15) is 6.29 Å². The third kappa shape index (κ3) is 17.4. The van der Waals surface area contributed by atoms with Crippen LogP contribution in [0.2, 0.25) is 0 Å². The molecule has 0 saturated carbocycles. The molecule has 0 aromatic rings. The van der Waals surface area contributed by atoms with E-state index < -0.39 is 0 Å². The SMILES string of the molecule is C=CCCCCCCCCCCCCCCCCC=O. The molecule has 0 aliphatic rings. The normalized spacial score (nSPS) is 10.6. The lowest BCUT2D eigenvalue weighted by molar-refractivity contribution is -0.107. The molecule has 0 bridgehead atoms. The summed E-state index contributed by atoms with van der Waals surface area (Å²) in [4.78, 5) is 10.1. The van der Waals surface area contributed by atoms with Gasteiger partial charge in [0.2, 0.25) is 0 Å². The Labute approximate surface area is 127 Å². The molecule has 0 aliphatic heterocycles. The molecule has 0 aliphatic carbocycles. The molecule has 0 atom stereocenters. The average Bonchev–Trinajstić information content (AvgIpc) is 2.47. The van der Waals surface area contributed by atoms with Crippen LogP contribution in [-0.2, 0) is 4.79 Å². The Kier molecular flexibility index (Phi) is 17.9. The topological polar surface area (TPSA) is 17.1 Å². The van der Waals surface area contributed by atoms with Crippen LogP contribution in [0.3, 0.4) is 0 Å². The van der Waals surface area contributed by atoms with E-state index in [0.29, 0.717) is 0 Å². The molecule has 0 amide bonds. The molecule has 0 saturated heterocycles. The van der Waals surface area contributed by atoms with Gasteiger partial charge in [-0.1, -0.05) is 83.1 Å². The number of unbranched alkanes of at least 4 members (excludes halogenated alkanes) is 15. The second kappa shape index (κ2) is 18.4. The molecule has 0 heterocycles. The highest BCUT2D eigenvalue weighted by Gasteiger charge is 1.94. The van der Waals surface area contributed by atoms with Crippen LogP contribution in [0.1, 0.15) is 103 Å². The number of hydrogen-bond donors (Lipinski definition) is 0. The molecule has 0 aromatic heterocycles. The van der Waals surface area contributed by atoms with Gasteiger partial charge in [-0.15, -0.1) is 6.58 Å². The summed E-state index contributed by atoms with van der Waals surface area (Å²) in [6.07, 6.45) is 24.1. The summed E-state index contributed by atoms with van der Waals surface area (Å²) in [5.74, 6) is 0. The van der Waals surface area contributed by atoms with Crippen LogP contribution in [0, 0.1) is 0 Å². The van der Waals surface area contributed by atoms with Crippen LogP contribution in [0.5, 0.6) is 0 Å². The molecule has 0 fully saturated rings. The van der Waals surface area contributed by atoms with Crippen molar-refractivity contribution in [3.05, 3.63) is 12.7 Å². The molecule has 20 heavy (non-hydrogen) atoms. The standard InChI is InChI=1S/C19H36O/c1-2-3-4-5-6-7-8-9-10-11-12-13-14-15-16-17-18-19-20/h2,19H,1,3-18H2. The first-order chi connectivity index (χ1) is 9.91. The Bertz CT molecular complexity index is 176. The molecule has 0 spiro atoms. The highest BCUT2D eigenvalue weighted by molar-refractivity contribution is 5.48. The Balaban J connectivity index is 2.92. The first kappa shape index (κ1) is 19.4. The van der Waals surface area contributed by atoms with Gasteiger partial charge in [-0.2, -0.15) is 0 Å². The highest BCUT2D eigenvalue weighted by Crippen LogP contribution is 2.13. The van der Waals surface area contributed by atoms with Gasteiger partial charge < -0.3 is 4.79 Å². The maximum Gasteiger partial charge on any atom is 0.119 e. The molecular weight excluding hydrogens is 244 g/mol. The summed E-state index contributed by atoms with van der Waals surface area (Å²) in [5, 5.41) is 0. The summed E-state index contributed by atoms with van der Waals surface area (Å²) < 4.78 is 0. The van der Waals surface area contributed by atoms with Crippen molar-refractivity contribution in [3.63, 3.8) is 0 Å². The van der Waals surface area contributed by atoms with Crippen LogP contribution < -0.4 is 0 Å². The lowest BCUT2D eigenvalue weighted by Crippen LogP contribution is -1.83.